The Bertz CT molecular complexity index is 1080. The molecule has 0 atom stereocenters. The number of nitrogens with zero attached hydrogens (tertiary/aromatic N) is 2. The number of amides is 2. The second-order valence-electron chi connectivity index (χ2n) is 7.16. The summed E-state index contributed by atoms with van der Waals surface area (Å²) in [6.45, 7) is 3.04. The molecule has 7 heteroatoms. The number of aromatic amines is 1. The predicted octanol–water partition coefficient (Wildman–Crippen LogP) is 2.99. The largest absolute Gasteiger partial charge is 0.347 e. The lowest BCUT2D eigenvalue weighted by Crippen LogP contribution is -2.37. The summed E-state index contributed by atoms with van der Waals surface area (Å²) in [4.78, 5) is 27.0. The van der Waals surface area contributed by atoms with Crippen LogP contribution in [0.4, 0.5) is 4.39 Å². The van der Waals surface area contributed by atoms with Crippen LogP contribution >= 0.6 is 0 Å². The van der Waals surface area contributed by atoms with E-state index in [0.717, 1.165) is 16.8 Å². The topological polar surface area (TPSA) is 78.1 Å². The van der Waals surface area contributed by atoms with Crippen LogP contribution in [0.25, 0.3) is 0 Å². The average molecular weight is 392 g/mol. The highest BCUT2D eigenvalue weighted by Crippen LogP contribution is 2.23. The second kappa shape index (κ2) is 7.87. The van der Waals surface area contributed by atoms with Gasteiger partial charge < -0.3 is 10.2 Å². The molecule has 0 aliphatic carbocycles. The second-order valence-corrected chi connectivity index (χ2v) is 7.16. The van der Waals surface area contributed by atoms with Gasteiger partial charge in [-0.1, -0.05) is 42.0 Å². The van der Waals surface area contributed by atoms with E-state index in [-0.39, 0.29) is 29.6 Å². The minimum atomic E-state index is -0.549. The van der Waals surface area contributed by atoms with Crippen molar-refractivity contribution in [3.05, 3.63) is 88.0 Å². The highest BCUT2D eigenvalue weighted by Gasteiger charge is 2.29. The van der Waals surface area contributed by atoms with Gasteiger partial charge in [-0.05, 0) is 24.6 Å². The molecule has 0 saturated heterocycles. The minimum Gasteiger partial charge on any atom is -0.347 e. The quantitative estimate of drug-likeness (QED) is 0.717. The molecule has 0 unspecified atom stereocenters. The Kier molecular flexibility index (Phi) is 5.12. The summed E-state index contributed by atoms with van der Waals surface area (Å²) in [5.74, 6) is -1.24. The molecule has 2 aromatic carbocycles. The summed E-state index contributed by atoms with van der Waals surface area (Å²) >= 11 is 0. The van der Waals surface area contributed by atoms with E-state index in [1.54, 1.807) is 17.0 Å². The molecule has 148 valence electrons. The van der Waals surface area contributed by atoms with Crippen molar-refractivity contribution in [2.24, 2.45) is 0 Å². The molecule has 0 saturated carbocycles. The van der Waals surface area contributed by atoms with Crippen molar-refractivity contribution in [2.75, 3.05) is 6.54 Å². The molecule has 1 aromatic heterocycles. The average Bonchev–Trinajstić information content (AvgIpc) is 3.15. The van der Waals surface area contributed by atoms with Crippen molar-refractivity contribution in [1.29, 1.82) is 0 Å². The SMILES string of the molecule is Cc1cccc(CNC(=O)c2n[nH]c3c2CN(C(=O)c2ccccc2F)CC3)c1. The van der Waals surface area contributed by atoms with Gasteiger partial charge in [-0.15, -0.1) is 0 Å². The number of halogens is 1. The van der Waals surface area contributed by atoms with Crippen molar-refractivity contribution in [2.45, 2.75) is 26.4 Å². The Morgan fingerprint density at radius 2 is 2.03 bits per heavy atom. The standard InChI is InChI=1S/C22H21FN4O2/c1-14-5-4-6-15(11-14)12-24-21(28)20-17-13-27(10-9-19(17)25-26-20)22(29)16-7-2-3-8-18(16)23/h2-8,11H,9-10,12-13H2,1H3,(H,24,28)(H,25,26). The number of benzene rings is 2. The first-order chi connectivity index (χ1) is 14.0. The van der Waals surface area contributed by atoms with Gasteiger partial charge >= 0.3 is 0 Å². The Balaban J connectivity index is 1.49. The summed E-state index contributed by atoms with van der Waals surface area (Å²) in [6, 6.07) is 13.8. The van der Waals surface area contributed by atoms with Gasteiger partial charge in [-0.25, -0.2) is 4.39 Å². The van der Waals surface area contributed by atoms with Gasteiger partial charge in [0.2, 0.25) is 0 Å². The number of carbonyl (C=O) groups excluding carboxylic acids is 2. The van der Waals surface area contributed by atoms with E-state index in [0.29, 0.717) is 25.1 Å². The molecule has 0 bridgehead atoms. The zero-order valence-corrected chi connectivity index (χ0v) is 16.0. The maximum Gasteiger partial charge on any atom is 0.272 e. The zero-order chi connectivity index (χ0) is 20.4. The van der Waals surface area contributed by atoms with Crippen LogP contribution < -0.4 is 5.32 Å². The summed E-state index contributed by atoms with van der Waals surface area (Å²) < 4.78 is 14.0. The normalized spacial score (nSPS) is 13.1. The van der Waals surface area contributed by atoms with Crippen LogP contribution in [0.5, 0.6) is 0 Å². The smallest absolute Gasteiger partial charge is 0.272 e. The Labute approximate surface area is 167 Å². The van der Waals surface area contributed by atoms with E-state index >= 15 is 0 Å². The molecule has 4 rings (SSSR count). The fraction of sp³-hybridized carbons (Fsp3) is 0.227. The fourth-order valence-electron chi connectivity index (χ4n) is 3.55. The first-order valence-electron chi connectivity index (χ1n) is 9.46. The third kappa shape index (κ3) is 3.89. The van der Waals surface area contributed by atoms with E-state index in [1.165, 1.54) is 12.1 Å². The zero-order valence-electron chi connectivity index (χ0n) is 16.0. The van der Waals surface area contributed by atoms with E-state index in [4.69, 9.17) is 0 Å². The fourth-order valence-corrected chi connectivity index (χ4v) is 3.55. The van der Waals surface area contributed by atoms with Gasteiger partial charge in [-0.3, -0.25) is 14.7 Å². The maximum absolute atomic E-state index is 14.0. The van der Waals surface area contributed by atoms with Crippen LogP contribution in [0.2, 0.25) is 0 Å². The van der Waals surface area contributed by atoms with Crippen molar-refractivity contribution < 1.29 is 14.0 Å². The third-order valence-corrected chi connectivity index (χ3v) is 5.08. The number of carbonyl (C=O) groups is 2. The number of aromatic nitrogens is 2. The van der Waals surface area contributed by atoms with E-state index in [9.17, 15) is 14.0 Å². The molecule has 6 nitrogen and oxygen atoms in total. The number of fused-ring (bicyclic) bond motifs is 1. The molecule has 2 heterocycles. The van der Waals surface area contributed by atoms with Gasteiger partial charge in [0.15, 0.2) is 5.69 Å². The van der Waals surface area contributed by atoms with Gasteiger partial charge in [0.05, 0.1) is 12.1 Å². The number of nitrogens with one attached hydrogen (secondary N) is 2. The maximum atomic E-state index is 14.0. The van der Waals surface area contributed by atoms with Crippen molar-refractivity contribution in [1.82, 2.24) is 20.4 Å². The van der Waals surface area contributed by atoms with Gasteiger partial charge in [-0.2, -0.15) is 5.10 Å². The van der Waals surface area contributed by atoms with E-state index in [2.05, 4.69) is 15.5 Å². The van der Waals surface area contributed by atoms with Crippen LogP contribution in [0.15, 0.2) is 48.5 Å². The van der Waals surface area contributed by atoms with Crippen LogP contribution in [0, 0.1) is 12.7 Å². The van der Waals surface area contributed by atoms with Crippen molar-refractivity contribution in [3.8, 4) is 0 Å². The monoisotopic (exact) mass is 392 g/mol. The molecule has 3 aromatic rings. The van der Waals surface area contributed by atoms with E-state index < -0.39 is 5.82 Å². The van der Waals surface area contributed by atoms with Gasteiger partial charge in [0, 0.05) is 30.8 Å². The highest BCUT2D eigenvalue weighted by atomic mass is 19.1. The van der Waals surface area contributed by atoms with Crippen LogP contribution in [-0.4, -0.2) is 33.5 Å². The van der Waals surface area contributed by atoms with Gasteiger partial charge in [0.25, 0.3) is 11.8 Å². The molecular weight excluding hydrogens is 371 g/mol. The van der Waals surface area contributed by atoms with Crippen LogP contribution in [-0.2, 0) is 19.5 Å². The number of H-pyrrole nitrogens is 1. The van der Waals surface area contributed by atoms with Crippen LogP contribution in [0.1, 0.15) is 43.2 Å². The summed E-state index contributed by atoms with van der Waals surface area (Å²) in [7, 11) is 0. The Morgan fingerprint density at radius 1 is 1.21 bits per heavy atom. The first-order valence-corrected chi connectivity index (χ1v) is 9.46. The molecular formula is C22H21FN4O2. The lowest BCUT2D eigenvalue weighted by Gasteiger charge is -2.27. The van der Waals surface area contributed by atoms with Crippen LogP contribution in [0.3, 0.4) is 0 Å². The Hall–Kier alpha value is -3.48. The minimum absolute atomic E-state index is 0.0323. The summed E-state index contributed by atoms with van der Waals surface area (Å²) in [5, 5.41) is 9.94. The van der Waals surface area contributed by atoms with Crippen molar-refractivity contribution in [3.63, 3.8) is 0 Å². The molecule has 29 heavy (non-hydrogen) atoms. The van der Waals surface area contributed by atoms with Crippen molar-refractivity contribution >= 4 is 11.8 Å². The highest BCUT2D eigenvalue weighted by molar-refractivity contribution is 5.96. The number of aryl methyl sites for hydroxylation is 1. The van der Waals surface area contributed by atoms with E-state index in [1.807, 2.05) is 31.2 Å². The molecule has 0 spiro atoms. The molecule has 2 amide bonds. The summed E-state index contributed by atoms with van der Waals surface area (Å²) in [6.07, 6.45) is 0.535. The lowest BCUT2D eigenvalue weighted by atomic mass is 10.0. The Morgan fingerprint density at radius 3 is 2.83 bits per heavy atom. The third-order valence-electron chi connectivity index (χ3n) is 5.08. The first kappa shape index (κ1) is 18.9. The molecule has 0 radical (unpaired) electrons. The summed E-state index contributed by atoms with van der Waals surface area (Å²) in [5.41, 5.74) is 3.95. The number of rotatable bonds is 4. The number of hydrogen-bond donors (Lipinski definition) is 2. The molecule has 2 N–H and O–H groups in total. The molecule has 1 aliphatic heterocycles. The predicted molar refractivity (Wildman–Crippen MR) is 106 cm³/mol. The number of hydrogen-bond acceptors (Lipinski definition) is 3. The van der Waals surface area contributed by atoms with Gasteiger partial charge in [0.1, 0.15) is 5.82 Å². The molecule has 1 aliphatic rings. The lowest BCUT2D eigenvalue weighted by molar-refractivity contribution is 0.0726. The molecule has 0 fully saturated rings.